The zero-order chi connectivity index (χ0) is 20.8. The van der Waals surface area contributed by atoms with E-state index in [-0.39, 0.29) is 15.6 Å². The second-order valence-electron chi connectivity index (χ2n) is 9.83. The van der Waals surface area contributed by atoms with Crippen LogP contribution in [-0.2, 0) is 20.3 Å². The summed E-state index contributed by atoms with van der Waals surface area (Å²) in [5, 5.41) is 11.5. The highest BCUT2D eigenvalue weighted by molar-refractivity contribution is 6.74. The van der Waals surface area contributed by atoms with Crippen LogP contribution >= 0.6 is 0 Å². The van der Waals surface area contributed by atoms with E-state index >= 15 is 0 Å². The van der Waals surface area contributed by atoms with Crippen LogP contribution in [0.4, 0.5) is 5.69 Å². The van der Waals surface area contributed by atoms with Gasteiger partial charge in [0, 0.05) is 12.1 Å². The number of benzene rings is 1. The third-order valence-electron chi connectivity index (χ3n) is 6.14. The van der Waals surface area contributed by atoms with E-state index in [1.165, 1.54) is 6.07 Å². The molecule has 2 rings (SSSR count). The molecule has 0 radical (unpaired) electrons. The van der Waals surface area contributed by atoms with Crippen molar-refractivity contribution in [2.24, 2.45) is 0 Å². The summed E-state index contributed by atoms with van der Waals surface area (Å²) in [6, 6.07) is 4.99. The quantitative estimate of drug-likeness (QED) is 0.421. The lowest BCUT2D eigenvalue weighted by molar-refractivity contribution is -0.384. The summed E-state index contributed by atoms with van der Waals surface area (Å²) in [5.74, 6) is 0. The van der Waals surface area contributed by atoms with Crippen molar-refractivity contribution in [1.82, 2.24) is 0 Å². The monoisotopic (exact) mass is 393 g/mol. The molecule has 0 spiro atoms. The summed E-state index contributed by atoms with van der Waals surface area (Å²) in [5.41, 5.74) is 0.437. The smallest absolute Gasteiger partial charge is 0.413 e. The van der Waals surface area contributed by atoms with Crippen LogP contribution in [0.25, 0.3) is 0 Å². The van der Waals surface area contributed by atoms with Crippen molar-refractivity contribution in [3.8, 4) is 0 Å². The molecule has 0 aliphatic carbocycles. The molecule has 1 aromatic carbocycles. The maximum absolute atomic E-state index is 11.4. The molecule has 0 aromatic heterocycles. The maximum Gasteiger partial charge on any atom is 0.495 e. The average molecular weight is 393 g/mol. The molecule has 0 bridgehead atoms. The van der Waals surface area contributed by atoms with E-state index in [0.717, 1.165) is 5.56 Å². The number of non-ortho nitro benzene ring substituents is 1. The molecular formula is C19H32BNO5Si. The topological polar surface area (TPSA) is 70.8 Å². The lowest BCUT2D eigenvalue weighted by Crippen LogP contribution is -2.41. The van der Waals surface area contributed by atoms with Gasteiger partial charge in [0.15, 0.2) is 8.32 Å². The molecular weight excluding hydrogens is 361 g/mol. The summed E-state index contributed by atoms with van der Waals surface area (Å²) in [7, 11) is -2.60. The molecule has 1 aliphatic heterocycles. The number of hydrogen-bond acceptors (Lipinski definition) is 5. The molecule has 1 aliphatic rings. The van der Waals surface area contributed by atoms with Crippen LogP contribution in [0.3, 0.4) is 0 Å². The third kappa shape index (κ3) is 4.62. The SMILES string of the molecule is CC1(C)OB(c2cc(CO[Si](C)(C)C(C)(C)C)cc([N+](=O)[O-])c2)OC1(C)C. The predicted octanol–water partition coefficient (Wildman–Crippen LogP) is 4.42. The van der Waals surface area contributed by atoms with Crippen molar-refractivity contribution in [2.75, 3.05) is 0 Å². The number of nitro groups is 1. The predicted molar refractivity (Wildman–Crippen MR) is 111 cm³/mol. The van der Waals surface area contributed by atoms with Gasteiger partial charge in [-0.2, -0.15) is 0 Å². The Bertz CT molecular complexity index is 711. The van der Waals surface area contributed by atoms with Gasteiger partial charge >= 0.3 is 7.12 Å². The Hall–Kier alpha value is -1.22. The first-order valence-corrected chi connectivity index (χ1v) is 12.2. The average Bonchev–Trinajstić information content (AvgIpc) is 2.72. The first kappa shape index (κ1) is 22.1. The first-order chi connectivity index (χ1) is 12.1. The fourth-order valence-electron chi connectivity index (χ4n) is 2.48. The van der Waals surface area contributed by atoms with E-state index in [0.29, 0.717) is 12.1 Å². The fraction of sp³-hybridized carbons (Fsp3) is 0.684. The number of rotatable bonds is 5. The van der Waals surface area contributed by atoms with Crippen molar-refractivity contribution < 1.29 is 18.7 Å². The van der Waals surface area contributed by atoms with Crippen molar-refractivity contribution in [1.29, 1.82) is 0 Å². The van der Waals surface area contributed by atoms with E-state index in [2.05, 4.69) is 33.9 Å². The molecule has 6 nitrogen and oxygen atoms in total. The van der Waals surface area contributed by atoms with Gasteiger partial charge in [0.25, 0.3) is 5.69 Å². The molecule has 27 heavy (non-hydrogen) atoms. The Morgan fingerprint density at radius 3 is 2.07 bits per heavy atom. The minimum Gasteiger partial charge on any atom is -0.413 e. The van der Waals surface area contributed by atoms with E-state index < -0.39 is 26.6 Å². The number of nitrogens with zero attached hydrogens (tertiary/aromatic N) is 1. The second-order valence-corrected chi connectivity index (χ2v) is 14.6. The standard InChI is InChI=1S/C19H32BNO5Si/c1-17(2,3)27(8,9)24-13-14-10-15(12-16(11-14)21(22)23)20-25-18(4,5)19(6,7)26-20/h10-12H,13H2,1-9H3. The van der Waals surface area contributed by atoms with E-state index in [9.17, 15) is 10.1 Å². The van der Waals surface area contributed by atoms with Crippen LogP contribution in [0.1, 0.15) is 54.0 Å². The van der Waals surface area contributed by atoms with Crippen molar-refractivity contribution in [3.05, 3.63) is 33.9 Å². The van der Waals surface area contributed by atoms with E-state index in [1.54, 1.807) is 6.07 Å². The van der Waals surface area contributed by atoms with Crippen molar-refractivity contribution in [3.63, 3.8) is 0 Å². The minimum absolute atomic E-state index is 0.0241. The largest absolute Gasteiger partial charge is 0.495 e. The van der Waals surface area contributed by atoms with Crippen molar-refractivity contribution >= 4 is 26.6 Å². The summed E-state index contributed by atoms with van der Waals surface area (Å²) < 4.78 is 18.4. The van der Waals surface area contributed by atoms with Crippen LogP contribution in [0.5, 0.6) is 0 Å². The lowest BCUT2D eigenvalue weighted by atomic mass is 9.78. The number of nitro benzene ring substituents is 1. The van der Waals surface area contributed by atoms with Crippen LogP contribution in [0.15, 0.2) is 18.2 Å². The van der Waals surface area contributed by atoms with Gasteiger partial charge in [-0.1, -0.05) is 26.8 Å². The highest BCUT2D eigenvalue weighted by Crippen LogP contribution is 2.38. The van der Waals surface area contributed by atoms with Gasteiger partial charge in [0.2, 0.25) is 0 Å². The van der Waals surface area contributed by atoms with E-state index in [1.807, 2.05) is 33.8 Å². The van der Waals surface area contributed by atoms with Crippen LogP contribution in [0, 0.1) is 10.1 Å². The first-order valence-electron chi connectivity index (χ1n) is 9.34. The summed E-state index contributed by atoms with van der Waals surface area (Å²) in [6.07, 6.45) is 0. The van der Waals surface area contributed by atoms with Gasteiger partial charge in [-0.25, -0.2) is 0 Å². The molecule has 0 unspecified atom stereocenters. The van der Waals surface area contributed by atoms with Gasteiger partial charge in [-0.15, -0.1) is 0 Å². The highest BCUT2D eigenvalue weighted by atomic mass is 28.4. The Morgan fingerprint density at radius 1 is 1.11 bits per heavy atom. The Morgan fingerprint density at radius 2 is 1.63 bits per heavy atom. The normalized spacial score (nSPS) is 19.4. The zero-order valence-electron chi connectivity index (χ0n) is 18.0. The van der Waals surface area contributed by atoms with Crippen molar-refractivity contribution in [2.45, 2.75) is 84.4 Å². The molecule has 8 heteroatoms. The zero-order valence-corrected chi connectivity index (χ0v) is 19.0. The molecule has 0 N–H and O–H groups in total. The summed E-state index contributed by atoms with van der Waals surface area (Å²) in [6.45, 7) is 19.0. The molecule has 1 saturated heterocycles. The lowest BCUT2D eigenvalue weighted by Gasteiger charge is -2.36. The van der Waals surface area contributed by atoms with E-state index in [4.69, 9.17) is 13.7 Å². The fourth-order valence-corrected chi connectivity index (χ4v) is 3.44. The highest BCUT2D eigenvalue weighted by Gasteiger charge is 2.52. The van der Waals surface area contributed by atoms with Crippen LogP contribution < -0.4 is 5.46 Å². The van der Waals surface area contributed by atoms with Gasteiger partial charge in [0.1, 0.15) is 0 Å². The maximum atomic E-state index is 11.4. The molecule has 1 fully saturated rings. The Balaban J connectivity index is 2.32. The summed E-state index contributed by atoms with van der Waals surface area (Å²) in [4.78, 5) is 11.0. The Kier molecular flexibility index (Phi) is 5.71. The molecule has 1 heterocycles. The molecule has 1 aromatic rings. The summed E-state index contributed by atoms with van der Waals surface area (Å²) >= 11 is 0. The molecule has 0 atom stereocenters. The van der Waals surface area contributed by atoms with Gasteiger partial charge < -0.3 is 13.7 Å². The van der Waals surface area contributed by atoms with Gasteiger partial charge in [-0.05, 0) is 56.9 Å². The Labute approximate surface area is 164 Å². The minimum atomic E-state index is -1.96. The second kappa shape index (κ2) is 6.99. The van der Waals surface area contributed by atoms with Gasteiger partial charge in [0.05, 0.1) is 22.7 Å². The number of hydrogen-bond donors (Lipinski definition) is 0. The molecule has 150 valence electrons. The van der Waals surface area contributed by atoms with Crippen LogP contribution in [-0.4, -0.2) is 31.6 Å². The third-order valence-corrected chi connectivity index (χ3v) is 10.6. The molecule has 0 saturated carbocycles. The molecule has 0 amide bonds. The van der Waals surface area contributed by atoms with Crippen LogP contribution in [0.2, 0.25) is 18.1 Å². The van der Waals surface area contributed by atoms with Gasteiger partial charge in [-0.3, -0.25) is 10.1 Å².